The van der Waals surface area contributed by atoms with Crippen LogP contribution >= 0.6 is 0 Å². The summed E-state index contributed by atoms with van der Waals surface area (Å²) in [6.45, 7) is 0.759. The first-order chi connectivity index (χ1) is 8.16. The summed E-state index contributed by atoms with van der Waals surface area (Å²) in [5, 5.41) is 9.12. The molecule has 2 rings (SSSR count). The molecule has 90 valence electrons. The SMILES string of the molecule is O=C1CC[C@@H](C(=O)O)N(Cc2ccccc2)C1. The molecule has 0 bridgehead atoms. The molecule has 0 aromatic heterocycles. The maximum absolute atomic E-state index is 11.4. The summed E-state index contributed by atoms with van der Waals surface area (Å²) in [6.07, 6.45) is 0.795. The zero-order valence-corrected chi connectivity index (χ0v) is 9.50. The van der Waals surface area contributed by atoms with Crippen molar-refractivity contribution in [3.8, 4) is 0 Å². The number of carboxylic acid groups (broad SMARTS) is 1. The van der Waals surface area contributed by atoms with Crippen molar-refractivity contribution in [2.75, 3.05) is 6.54 Å². The number of aliphatic carboxylic acids is 1. The predicted octanol–water partition coefficient (Wildman–Crippen LogP) is 1.30. The second-order valence-corrected chi connectivity index (χ2v) is 4.32. The van der Waals surface area contributed by atoms with Gasteiger partial charge in [0.1, 0.15) is 11.8 Å². The van der Waals surface area contributed by atoms with E-state index in [9.17, 15) is 9.59 Å². The Bertz CT molecular complexity index is 416. The Morgan fingerprint density at radius 2 is 2.06 bits per heavy atom. The number of carbonyl (C=O) groups excluding carboxylic acids is 1. The average Bonchev–Trinajstić information content (AvgIpc) is 2.30. The normalized spacial score (nSPS) is 21.4. The lowest BCUT2D eigenvalue weighted by Gasteiger charge is -2.31. The van der Waals surface area contributed by atoms with Crippen molar-refractivity contribution >= 4 is 11.8 Å². The molecule has 0 saturated carbocycles. The predicted molar refractivity (Wildman–Crippen MR) is 62.5 cm³/mol. The highest BCUT2D eigenvalue weighted by atomic mass is 16.4. The zero-order chi connectivity index (χ0) is 12.3. The maximum atomic E-state index is 11.4. The van der Waals surface area contributed by atoms with Gasteiger partial charge in [0, 0.05) is 13.0 Å². The number of hydrogen-bond donors (Lipinski definition) is 1. The fraction of sp³-hybridized carbons (Fsp3) is 0.385. The third-order valence-corrected chi connectivity index (χ3v) is 3.03. The number of carboxylic acids is 1. The fourth-order valence-electron chi connectivity index (χ4n) is 2.16. The van der Waals surface area contributed by atoms with Gasteiger partial charge in [-0.05, 0) is 12.0 Å². The lowest BCUT2D eigenvalue weighted by molar-refractivity contribution is -0.146. The van der Waals surface area contributed by atoms with Crippen LogP contribution in [0.5, 0.6) is 0 Å². The van der Waals surface area contributed by atoms with Crippen LogP contribution in [-0.2, 0) is 16.1 Å². The van der Waals surface area contributed by atoms with E-state index >= 15 is 0 Å². The van der Waals surface area contributed by atoms with Gasteiger partial charge in [0.15, 0.2) is 0 Å². The van der Waals surface area contributed by atoms with Gasteiger partial charge < -0.3 is 5.11 Å². The van der Waals surface area contributed by atoms with Crippen LogP contribution in [0.2, 0.25) is 0 Å². The number of carbonyl (C=O) groups is 2. The highest BCUT2D eigenvalue weighted by molar-refractivity contribution is 5.84. The average molecular weight is 233 g/mol. The highest BCUT2D eigenvalue weighted by Crippen LogP contribution is 2.18. The fourth-order valence-corrected chi connectivity index (χ4v) is 2.16. The maximum Gasteiger partial charge on any atom is 0.320 e. The van der Waals surface area contributed by atoms with Gasteiger partial charge in [0.25, 0.3) is 0 Å². The summed E-state index contributed by atoms with van der Waals surface area (Å²) in [5.74, 6) is -0.716. The zero-order valence-electron chi connectivity index (χ0n) is 9.50. The van der Waals surface area contributed by atoms with Crippen molar-refractivity contribution in [2.24, 2.45) is 0 Å². The standard InChI is InChI=1S/C13H15NO3/c15-11-6-7-12(13(16)17)14(9-11)8-10-4-2-1-3-5-10/h1-5,12H,6-9H2,(H,16,17)/t12-/m0/s1. The Hall–Kier alpha value is -1.68. The molecule has 1 fully saturated rings. The second kappa shape index (κ2) is 5.10. The first-order valence-corrected chi connectivity index (χ1v) is 5.69. The van der Waals surface area contributed by atoms with Crippen molar-refractivity contribution in [3.05, 3.63) is 35.9 Å². The van der Waals surface area contributed by atoms with Gasteiger partial charge in [-0.25, -0.2) is 0 Å². The Kier molecular flexibility index (Phi) is 3.54. The van der Waals surface area contributed by atoms with E-state index in [0.29, 0.717) is 19.4 Å². The van der Waals surface area contributed by atoms with Gasteiger partial charge >= 0.3 is 5.97 Å². The molecule has 0 aliphatic carbocycles. The summed E-state index contributed by atoms with van der Waals surface area (Å²) in [4.78, 5) is 24.2. The van der Waals surface area contributed by atoms with Crippen LogP contribution in [0, 0.1) is 0 Å². The van der Waals surface area contributed by atoms with E-state index < -0.39 is 12.0 Å². The van der Waals surface area contributed by atoms with E-state index in [-0.39, 0.29) is 12.3 Å². The van der Waals surface area contributed by atoms with Crippen LogP contribution in [0.4, 0.5) is 0 Å². The summed E-state index contributed by atoms with van der Waals surface area (Å²) >= 11 is 0. The molecule has 1 N–H and O–H groups in total. The van der Waals surface area contributed by atoms with Crippen LogP contribution < -0.4 is 0 Å². The first-order valence-electron chi connectivity index (χ1n) is 5.69. The van der Waals surface area contributed by atoms with E-state index in [4.69, 9.17) is 5.11 Å². The molecule has 0 unspecified atom stereocenters. The smallest absolute Gasteiger partial charge is 0.320 e. The minimum absolute atomic E-state index is 0.124. The molecule has 1 aromatic rings. The van der Waals surface area contributed by atoms with E-state index in [1.165, 1.54) is 0 Å². The number of benzene rings is 1. The molecule has 0 amide bonds. The summed E-state index contributed by atoms with van der Waals surface area (Å²) in [6, 6.07) is 9.09. The largest absolute Gasteiger partial charge is 0.480 e. The third-order valence-electron chi connectivity index (χ3n) is 3.03. The molecule has 1 saturated heterocycles. The molecule has 17 heavy (non-hydrogen) atoms. The molecule has 1 atom stereocenters. The molecule has 4 nitrogen and oxygen atoms in total. The number of likely N-dealkylation sites (tertiary alicyclic amines) is 1. The second-order valence-electron chi connectivity index (χ2n) is 4.32. The van der Waals surface area contributed by atoms with E-state index in [2.05, 4.69) is 0 Å². The lowest BCUT2D eigenvalue weighted by atomic mass is 10.0. The monoisotopic (exact) mass is 233 g/mol. The van der Waals surface area contributed by atoms with Crippen molar-refractivity contribution in [1.82, 2.24) is 4.90 Å². The highest BCUT2D eigenvalue weighted by Gasteiger charge is 2.31. The summed E-state index contributed by atoms with van der Waals surface area (Å²) < 4.78 is 0. The lowest BCUT2D eigenvalue weighted by Crippen LogP contribution is -2.47. The van der Waals surface area contributed by atoms with Crippen LogP contribution in [0.15, 0.2) is 30.3 Å². The van der Waals surface area contributed by atoms with Gasteiger partial charge in [0.2, 0.25) is 0 Å². The number of Topliss-reactive ketones (excluding diaryl/α,β-unsaturated/α-hetero) is 1. The molecule has 0 radical (unpaired) electrons. The Morgan fingerprint density at radius 1 is 1.35 bits per heavy atom. The molecule has 0 spiro atoms. The van der Waals surface area contributed by atoms with Gasteiger partial charge in [-0.2, -0.15) is 0 Å². The van der Waals surface area contributed by atoms with Crippen molar-refractivity contribution < 1.29 is 14.7 Å². The number of rotatable bonds is 3. The molecular weight excluding hydrogens is 218 g/mol. The van der Waals surface area contributed by atoms with E-state index in [1.807, 2.05) is 30.3 Å². The Morgan fingerprint density at radius 3 is 2.71 bits per heavy atom. The molecule has 1 aliphatic heterocycles. The summed E-state index contributed by atoms with van der Waals surface area (Å²) in [7, 11) is 0. The Balaban J connectivity index is 2.10. The number of nitrogens with zero attached hydrogens (tertiary/aromatic N) is 1. The van der Waals surface area contributed by atoms with Crippen LogP contribution in [0.1, 0.15) is 18.4 Å². The molecular formula is C13H15NO3. The van der Waals surface area contributed by atoms with Crippen LogP contribution in [-0.4, -0.2) is 34.3 Å². The molecule has 1 aliphatic rings. The van der Waals surface area contributed by atoms with Crippen molar-refractivity contribution in [1.29, 1.82) is 0 Å². The Labute approximate surface area is 99.9 Å². The summed E-state index contributed by atoms with van der Waals surface area (Å²) in [5.41, 5.74) is 1.04. The quantitative estimate of drug-likeness (QED) is 0.855. The van der Waals surface area contributed by atoms with E-state index in [0.717, 1.165) is 5.56 Å². The molecule has 4 heteroatoms. The number of hydrogen-bond acceptors (Lipinski definition) is 3. The van der Waals surface area contributed by atoms with Crippen molar-refractivity contribution in [2.45, 2.75) is 25.4 Å². The van der Waals surface area contributed by atoms with Crippen LogP contribution in [0.3, 0.4) is 0 Å². The first kappa shape index (κ1) is 11.8. The minimum atomic E-state index is -0.839. The minimum Gasteiger partial charge on any atom is -0.480 e. The number of ketones is 1. The van der Waals surface area contributed by atoms with Crippen LogP contribution in [0.25, 0.3) is 0 Å². The topological polar surface area (TPSA) is 57.6 Å². The van der Waals surface area contributed by atoms with Crippen molar-refractivity contribution in [3.63, 3.8) is 0 Å². The van der Waals surface area contributed by atoms with Gasteiger partial charge in [-0.15, -0.1) is 0 Å². The molecule has 1 aromatic carbocycles. The van der Waals surface area contributed by atoms with Gasteiger partial charge in [-0.3, -0.25) is 14.5 Å². The van der Waals surface area contributed by atoms with Gasteiger partial charge in [-0.1, -0.05) is 30.3 Å². The van der Waals surface area contributed by atoms with E-state index in [1.54, 1.807) is 4.90 Å². The molecule has 1 heterocycles. The third kappa shape index (κ3) is 2.91. The van der Waals surface area contributed by atoms with Gasteiger partial charge in [0.05, 0.1) is 6.54 Å². The number of piperidine rings is 1.